The van der Waals surface area contributed by atoms with Crippen molar-refractivity contribution >= 4 is 17.3 Å². The Bertz CT molecular complexity index is 824. The second-order valence-electron chi connectivity index (χ2n) is 7.91. The van der Waals surface area contributed by atoms with Crippen LogP contribution in [0.1, 0.15) is 23.1 Å². The van der Waals surface area contributed by atoms with Crippen LogP contribution in [0.5, 0.6) is 0 Å². The maximum absolute atomic E-state index is 13.0. The van der Waals surface area contributed by atoms with Crippen LogP contribution in [0.3, 0.4) is 0 Å². The lowest BCUT2D eigenvalue weighted by Gasteiger charge is -2.36. The number of carbonyl (C=O) groups is 1. The molecule has 1 saturated heterocycles. The second kappa shape index (κ2) is 7.73. The van der Waals surface area contributed by atoms with E-state index in [-0.39, 0.29) is 5.91 Å². The summed E-state index contributed by atoms with van der Waals surface area (Å²) in [5.41, 5.74) is 6.52. The molecule has 4 heteroatoms. The molecule has 1 N–H and O–H groups in total. The Kier molecular flexibility index (Phi) is 5.17. The summed E-state index contributed by atoms with van der Waals surface area (Å²) in [6.07, 6.45) is 2.15. The van der Waals surface area contributed by atoms with Gasteiger partial charge in [0.1, 0.15) is 0 Å². The lowest BCUT2D eigenvalue weighted by Crippen LogP contribution is -3.16. The zero-order chi connectivity index (χ0) is 18.8. The van der Waals surface area contributed by atoms with Gasteiger partial charge < -0.3 is 14.7 Å². The number of nitrogens with one attached hydrogen (secondary N) is 1. The number of nitrogens with zero attached hydrogens (tertiary/aromatic N) is 2. The Hall–Kier alpha value is -2.33. The van der Waals surface area contributed by atoms with Crippen LogP contribution >= 0.6 is 0 Å². The number of amides is 1. The molecule has 142 valence electrons. The van der Waals surface area contributed by atoms with Gasteiger partial charge in [0.25, 0.3) is 5.91 Å². The van der Waals surface area contributed by atoms with Crippen molar-refractivity contribution in [3.05, 3.63) is 59.2 Å². The number of rotatable bonds is 3. The summed E-state index contributed by atoms with van der Waals surface area (Å²) >= 11 is 0. The number of carbonyl (C=O) groups excluding carboxylic acids is 1. The van der Waals surface area contributed by atoms with Crippen LogP contribution in [0.4, 0.5) is 11.4 Å². The van der Waals surface area contributed by atoms with Crippen LogP contribution in [0.15, 0.2) is 42.5 Å². The molecule has 0 atom stereocenters. The van der Waals surface area contributed by atoms with Crippen LogP contribution in [0.2, 0.25) is 0 Å². The van der Waals surface area contributed by atoms with E-state index < -0.39 is 0 Å². The number of para-hydroxylation sites is 1. The van der Waals surface area contributed by atoms with Crippen molar-refractivity contribution < 1.29 is 9.69 Å². The molecule has 2 aromatic rings. The fourth-order valence-electron chi connectivity index (χ4n) is 4.42. The van der Waals surface area contributed by atoms with E-state index in [4.69, 9.17) is 0 Å². The summed E-state index contributed by atoms with van der Waals surface area (Å²) in [6.45, 7) is 9.93. The van der Waals surface area contributed by atoms with E-state index in [9.17, 15) is 4.79 Å². The van der Waals surface area contributed by atoms with Gasteiger partial charge in [0.15, 0.2) is 6.54 Å². The highest BCUT2D eigenvalue weighted by Gasteiger charge is 2.28. The first kappa shape index (κ1) is 18.1. The summed E-state index contributed by atoms with van der Waals surface area (Å²) in [4.78, 5) is 18.9. The fraction of sp³-hybridized carbons (Fsp3) is 0.435. The number of benzene rings is 2. The molecule has 1 fully saturated rings. The van der Waals surface area contributed by atoms with Crippen molar-refractivity contribution in [3.8, 4) is 0 Å². The zero-order valence-electron chi connectivity index (χ0n) is 16.5. The first-order valence-electron chi connectivity index (χ1n) is 10.2. The molecule has 0 aliphatic carbocycles. The molecule has 27 heavy (non-hydrogen) atoms. The average molecular weight is 365 g/mol. The van der Waals surface area contributed by atoms with Crippen LogP contribution in [0, 0.1) is 13.8 Å². The van der Waals surface area contributed by atoms with Crippen LogP contribution in [-0.2, 0) is 11.2 Å². The summed E-state index contributed by atoms with van der Waals surface area (Å²) in [5.74, 6) is 0.275. The molecule has 0 unspecified atom stereocenters. The van der Waals surface area contributed by atoms with Crippen LogP contribution in [-0.4, -0.2) is 45.2 Å². The van der Waals surface area contributed by atoms with Crippen LogP contribution in [0.25, 0.3) is 0 Å². The summed E-state index contributed by atoms with van der Waals surface area (Å²) in [7, 11) is 0. The topological polar surface area (TPSA) is 28.0 Å². The van der Waals surface area contributed by atoms with Crippen molar-refractivity contribution in [2.24, 2.45) is 0 Å². The van der Waals surface area contributed by atoms with Gasteiger partial charge in [-0.25, -0.2) is 0 Å². The summed E-state index contributed by atoms with van der Waals surface area (Å²) in [5, 5.41) is 0. The Labute approximate surface area is 162 Å². The van der Waals surface area contributed by atoms with E-state index >= 15 is 0 Å². The number of anilines is 2. The maximum Gasteiger partial charge on any atom is 0.282 e. The molecule has 0 spiro atoms. The lowest BCUT2D eigenvalue weighted by atomic mass is 10.0. The number of hydrogen-bond acceptors (Lipinski definition) is 2. The third-order valence-electron chi connectivity index (χ3n) is 6.20. The van der Waals surface area contributed by atoms with E-state index in [0.29, 0.717) is 6.54 Å². The Morgan fingerprint density at radius 2 is 1.70 bits per heavy atom. The third-order valence-corrected chi connectivity index (χ3v) is 6.20. The van der Waals surface area contributed by atoms with E-state index in [1.165, 1.54) is 27.3 Å². The highest BCUT2D eigenvalue weighted by Crippen LogP contribution is 2.26. The van der Waals surface area contributed by atoms with Gasteiger partial charge in [-0.05, 0) is 55.5 Å². The number of aryl methyl sites for hydroxylation is 2. The first-order chi connectivity index (χ1) is 13.1. The Morgan fingerprint density at radius 1 is 0.963 bits per heavy atom. The van der Waals surface area contributed by atoms with Gasteiger partial charge in [0.05, 0.1) is 26.2 Å². The molecule has 4 nitrogen and oxygen atoms in total. The quantitative estimate of drug-likeness (QED) is 0.902. The van der Waals surface area contributed by atoms with Crippen molar-refractivity contribution in [2.75, 3.05) is 49.1 Å². The van der Waals surface area contributed by atoms with Gasteiger partial charge in [-0.1, -0.05) is 30.3 Å². The normalized spacial score (nSPS) is 17.7. The molecule has 4 rings (SSSR count). The first-order valence-corrected chi connectivity index (χ1v) is 10.2. The van der Waals surface area contributed by atoms with Gasteiger partial charge in [-0.3, -0.25) is 4.79 Å². The van der Waals surface area contributed by atoms with Crippen molar-refractivity contribution in [3.63, 3.8) is 0 Å². The monoisotopic (exact) mass is 364 g/mol. The molecular formula is C23H30N3O+. The number of hydrogen-bond donors (Lipinski definition) is 1. The smallest absolute Gasteiger partial charge is 0.282 e. The number of quaternary nitrogens is 1. The highest BCUT2D eigenvalue weighted by molar-refractivity contribution is 5.95. The minimum atomic E-state index is 0.275. The van der Waals surface area contributed by atoms with Gasteiger partial charge >= 0.3 is 0 Å². The molecule has 0 bridgehead atoms. The largest absolute Gasteiger partial charge is 0.360 e. The van der Waals surface area contributed by atoms with Crippen molar-refractivity contribution in [1.82, 2.24) is 0 Å². The fourth-order valence-corrected chi connectivity index (χ4v) is 4.42. The molecule has 2 heterocycles. The average Bonchev–Trinajstić information content (AvgIpc) is 2.70. The predicted octanol–water partition coefficient (Wildman–Crippen LogP) is 1.99. The van der Waals surface area contributed by atoms with Gasteiger partial charge in [-0.15, -0.1) is 0 Å². The molecule has 2 aliphatic rings. The molecule has 2 aliphatic heterocycles. The molecule has 2 aromatic carbocycles. The van der Waals surface area contributed by atoms with Crippen molar-refractivity contribution in [2.45, 2.75) is 26.7 Å². The van der Waals surface area contributed by atoms with Gasteiger partial charge in [0.2, 0.25) is 0 Å². The van der Waals surface area contributed by atoms with E-state index in [1.54, 1.807) is 0 Å². The highest BCUT2D eigenvalue weighted by atomic mass is 16.2. The maximum atomic E-state index is 13.0. The molecule has 1 amide bonds. The van der Waals surface area contributed by atoms with Gasteiger partial charge in [0, 0.05) is 17.9 Å². The lowest BCUT2D eigenvalue weighted by molar-refractivity contribution is -0.892. The third kappa shape index (κ3) is 3.72. The second-order valence-corrected chi connectivity index (χ2v) is 7.91. The SMILES string of the molecule is Cc1cccc(N2CC[NH+](CC(=O)N3CCCc4ccccc43)CC2)c1C. The van der Waals surface area contributed by atoms with Crippen molar-refractivity contribution in [1.29, 1.82) is 0 Å². The summed E-state index contributed by atoms with van der Waals surface area (Å²) in [6, 6.07) is 14.9. The number of piperazine rings is 1. The van der Waals surface area contributed by atoms with E-state index in [1.807, 2.05) is 11.0 Å². The molecule has 0 saturated carbocycles. The Morgan fingerprint density at radius 3 is 2.52 bits per heavy atom. The predicted molar refractivity (Wildman–Crippen MR) is 111 cm³/mol. The van der Waals surface area contributed by atoms with Crippen LogP contribution < -0.4 is 14.7 Å². The summed E-state index contributed by atoms with van der Waals surface area (Å²) < 4.78 is 0. The molecule has 0 aromatic heterocycles. The van der Waals surface area contributed by atoms with E-state index in [2.05, 4.69) is 55.1 Å². The Balaban J connectivity index is 1.37. The number of fused-ring (bicyclic) bond motifs is 1. The van der Waals surface area contributed by atoms with E-state index in [0.717, 1.165) is 51.3 Å². The standard InChI is InChI=1S/C23H29N3O/c1-18-7-5-11-21(19(18)2)25-15-13-24(14-16-25)17-23(27)26-12-6-9-20-8-3-4-10-22(20)26/h3-5,7-8,10-11H,6,9,12-17H2,1-2H3/p+1. The molecule has 0 radical (unpaired) electrons. The van der Waals surface area contributed by atoms with Gasteiger partial charge in [-0.2, -0.15) is 0 Å². The molecular weight excluding hydrogens is 334 g/mol. The zero-order valence-corrected chi connectivity index (χ0v) is 16.5. The minimum Gasteiger partial charge on any atom is -0.360 e. The minimum absolute atomic E-state index is 0.275.